The fraction of sp³-hybridized carbons (Fsp3) is 0.767. The lowest BCUT2D eigenvalue weighted by atomic mass is 10.0. The van der Waals surface area contributed by atoms with E-state index >= 15 is 0 Å². The van der Waals surface area contributed by atoms with E-state index in [4.69, 9.17) is 18.5 Å². The molecule has 10 heteroatoms. The minimum atomic E-state index is -4.38. The molecule has 0 saturated carbocycles. The van der Waals surface area contributed by atoms with Crippen molar-refractivity contribution >= 4 is 19.8 Å². The van der Waals surface area contributed by atoms with E-state index < -0.39 is 32.5 Å². The summed E-state index contributed by atoms with van der Waals surface area (Å²) in [7, 11) is 1.44. The molecule has 0 aromatic rings. The minimum Gasteiger partial charge on any atom is -0.462 e. The maximum absolute atomic E-state index is 12.6. The molecule has 0 fully saturated rings. The van der Waals surface area contributed by atoms with E-state index in [1.54, 1.807) is 0 Å². The van der Waals surface area contributed by atoms with Gasteiger partial charge in [0.1, 0.15) is 19.8 Å². The number of likely N-dealkylation sites (N-methyl/N-ethyl adjacent to an activating group) is 1. The van der Waals surface area contributed by atoms with Crippen molar-refractivity contribution in [2.45, 2.75) is 168 Å². The molecule has 2 atom stereocenters. The quantitative estimate of drug-likeness (QED) is 0.0219. The number of hydrogen-bond acceptors (Lipinski definition) is 7. The monoisotopic (exact) mass is 769 g/mol. The minimum absolute atomic E-state index is 0.0229. The van der Waals surface area contributed by atoms with Crippen LogP contribution in [0, 0.1) is 0 Å². The Morgan fingerprint density at radius 1 is 0.585 bits per heavy atom. The summed E-state index contributed by atoms with van der Waals surface area (Å²) in [6.07, 6.45) is 40.2. The van der Waals surface area contributed by atoms with Crippen molar-refractivity contribution in [3.63, 3.8) is 0 Å². The molecule has 1 unspecified atom stereocenters. The molecule has 9 nitrogen and oxygen atoms in total. The number of carbonyl (C=O) groups excluding carboxylic acids is 2. The van der Waals surface area contributed by atoms with Crippen LogP contribution in [0.25, 0.3) is 0 Å². The van der Waals surface area contributed by atoms with Crippen LogP contribution in [0.4, 0.5) is 0 Å². The molecule has 0 saturated heterocycles. The predicted molar refractivity (Wildman–Crippen MR) is 220 cm³/mol. The summed E-state index contributed by atoms with van der Waals surface area (Å²) in [4.78, 5) is 35.2. The van der Waals surface area contributed by atoms with Crippen molar-refractivity contribution in [2.24, 2.45) is 0 Å². The topological polar surface area (TPSA) is 108 Å². The third kappa shape index (κ3) is 39.5. The van der Waals surface area contributed by atoms with E-state index in [9.17, 15) is 19.0 Å². The molecule has 1 N–H and O–H groups in total. The van der Waals surface area contributed by atoms with Gasteiger partial charge in [-0.2, -0.15) is 0 Å². The standard InChI is InChI=1S/C43H78NO8P/c1-6-8-10-12-14-16-18-20-21-22-23-24-26-27-29-31-33-35-42(45)49-39-41(40-51-53(47,48)50-38-37-44(3,4)5)52-43(46)36-34-32-30-28-25-19-17-15-13-11-9-7-2/h14,16,20-21,23-24,27,29,41H,6-13,15,17-19,22,25-26,28,30-40H2,1-5H3/p+1/b16-14+,21-20+,24-23+,29-27+/t41-/m0/s1. The molecule has 0 aliphatic rings. The summed E-state index contributed by atoms with van der Waals surface area (Å²) >= 11 is 0. The molecule has 0 radical (unpaired) electrons. The van der Waals surface area contributed by atoms with Crippen LogP contribution in [0.1, 0.15) is 162 Å². The van der Waals surface area contributed by atoms with E-state index in [2.05, 4.69) is 62.5 Å². The normalized spacial score (nSPS) is 14.2. The van der Waals surface area contributed by atoms with Gasteiger partial charge < -0.3 is 18.9 Å². The number of allylic oxidation sites excluding steroid dienone is 8. The van der Waals surface area contributed by atoms with Gasteiger partial charge in [0.25, 0.3) is 0 Å². The lowest BCUT2D eigenvalue weighted by Gasteiger charge is -2.24. The van der Waals surface area contributed by atoms with Gasteiger partial charge >= 0.3 is 19.8 Å². The van der Waals surface area contributed by atoms with Crippen molar-refractivity contribution in [1.82, 2.24) is 0 Å². The average molecular weight is 769 g/mol. The van der Waals surface area contributed by atoms with Gasteiger partial charge in [-0.05, 0) is 51.4 Å². The summed E-state index contributed by atoms with van der Waals surface area (Å²) in [5.74, 6) is -0.866. The van der Waals surface area contributed by atoms with Gasteiger partial charge in [-0.25, -0.2) is 4.57 Å². The molecule has 0 bridgehead atoms. The average Bonchev–Trinajstić information content (AvgIpc) is 3.10. The zero-order valence-electron chi connectivity index (χ0n) is 34.5. The number of unbranched alkanes of at least 4 members (excludes halogenated alkanes) is 15. The van der Waals surface area contributed by atoms with Crippen LogP contribution in [0.3, 0.4) is 0 Å². The molecule has 0 amide bonds. The number of carbonyl (C=O) groups is 2. The molecule has 0 aromatic carbocycles. The molecular weight excluding hydrogens is 689 g/mol. The number of nitrogens with zero attached hydrogens (tertiary/aromatic N) is 1. The van der Waals surface area contributed by atoms with E-state index in [0.717, 1.165) is 38.5 Å². The zero-order valence-corrected chi connectivity index (χ0v) is 35.4. The van der Waals surface area contributed by atoms with Crippen molar-refractivity contribution < 1.29 is 42.1 Å². The summed E-state index contributed by atoms with van der Waals surface area (Å²) in [5, 5.41) is 0. The number of rotatable bonds is 37. The van der Waals surface area contributed by atoms with Crippen molar-refractivity contribution in [3.8, 4) is 0 Å². The van der Waals surface area contributed by atoms with Gasteiger partial charge in [-0.3, -0.25) is 18.6 Å². The smallest absolute Gasteiger partial charge is 0.462 e. The van der Waals surface area contributed by atoms with E-state index in [0.29, 0.717) is 23.9 Å². The number of quaternary nitrogens is 1. The Hall–Kier alpha value is -2.03. The largest absolute Gasteiger partial charge is 0.472 e. The second-order valence-electron chi connectivity index (χ2n) is 15.0. The Kier molecular flexibility index (Phi) is 34.3. The van der Waals surface area contributed by atoms with Crippen LogP contribution in [0.5, 0.6) is 0 Å². The first-order valence-electron chi connectivity index (χ1n) is 20.9. The number of hydrogen-bond donors (Lipinski definition) is 1. The van der Waals surface area contributed by atoms with Crippen LogP contribution in [0.15, 0.2) is 48.6 Å². The first-order valence-corrected chi connectivity index (χ1v) is 22.4. The SMILES string of the molecule is CCCCC/C=C/C/C=C/C/C=C/C/C=C/CCCC(=O)OC[C@@H](COP(=O)(O)OCC[N+](C)(C)C)OC(=O)CCCCCCCCCCCCCC. The maximum Gasteiger partial charge on any atom is 0.472 e. The second-order valence-corrected chi connectivity index (χ2v) is 16.5. The van der Waals surface area contributed by atoms with Crippen molar-refractivity contribution in [2.75, 3.05) is 47.5 Å². The molecule has 0 rings (SSSR count). The highest BCUT2D eigenvalue weighted by Crippen LogP contribution is 2.43. The van der Waals surface area contributed by atoms with Crippen molar-refractivity contribution in [1.29, 1.82) is 0 Å². The lowest BCUT2D eigenvalue weighted by molar-refractivity contribution is -0.870. The zero-order chi connectivity index (χ0) is 39.3. The molecule has 0 aliphatic carbocycles. The third-order valence-corrected chi connectivity index (χ3v) is 9.60. The number of esters is 2. The van der Waals surface area contributed by atoms with Crippen LogP contribution in [-0.4, -0.2) is 74.9 Å². The second kappa shape index (κ2) is 35.7. The molecule has 0 aromatic heterocycles. The highest BCUT2D eigenvalue weighted by molar-refractivity contribution is 7.47. The molecule has 53 heavy (non-hydrogen) atoms. The van der Waals surface area contributed by atoms with E-state index in [-0.39, 0.29) is 26.1 Å². The van der Waals surface area contributed by atoms with Crippen molar-refractivity contribution in [3.05, 3.63) is 48.6 Å². The summed E-state index contributed by atoms with van der Waals surface area (Å²) in [5.41, 5.74) is 0. The molecule has 0 heterocycles. The number of phosphoric acid groups is 1. The Bertz CT molecular complexity index is 1050. The Morgan fingerprint density at radius 2 is 1.04 bits per heavy atom. The van der Waals surface area contributed by atoms with Gasteiger partial charge in [0.05, 0.1) is 27.7 Å². The first-order chi connectivity index (χ1) is 25.5. The van der Waals surface area contributed by atoms with Gasteiger partial charge in [0.15, 0.2) is 6.10 Å². The highest BCUT2D eigenvalue weighted by Gasteiger charge is 2.27. The van der Waals surface area contributed by atoms with Gasteiger partial charge in [0.2, 0.25) is 0 Å². The van der Waals surface area contributed by atoms with Gasteiger partial charge in [-0.1, -0.05) is 146 Å². The maximum atomic E-state index is 12.6. The van der Waals surface area contributed by atoms with Gasteiger partial charge in [-0.15, -0.1) is 0 Å². The van der Waals surface area contributed by atoms with Crippen LogP contribution >= 0.6 is 7.82 Å². The molecule has 0 aliphatic heterocycles. The fourth-order valence-corrected chi connectivity index (χ4v) is 6.04. The van der Waals surface area contributed by atoms with Crippen LogP contribution < -0.4 is 0 Å². The molecular formula is C43H79NO8P+. The van der Waals surface area contributed by atoms with E-state index in [1.807, 2.05) is 21.1 Å². The highest BCUT2D eigenvalue weighted by atomic mass is 31.2. The summed E-state index contributed by atoms with van der Waals surface area (Å²) in [6, 6.07) is 0. The Morgan fingerprint density at radius 3 is 1.57 bits per heavy atom. The Labute approximate surface area is 324 Å². The summed E-state index contributed by atoms with van der Waals surface area (Å²) in [6.45, 7) is 4.31. The first kappa shape index (κ1) is 51.0. The molecule has 0 spiro atoms. The molecule has 308 valence electrons. The summed E-state index contributed by atoms with van der Waals surface area (Å²) < 4.78 is 34.2. The number of phosphoric ester groups is 1. The third-order valence-electron chi connectivity index (χ3n) is 8.61. The Balaban J connectivity index is 4.48. The van der Waals surface area contributed by atoms with Crippen LogP contribution in [0.2, 0.25) is 0 Å². The van der Waals surface area contributed by atoms with E-state index in [1.165, 1.54) is 83.5 Å². The predicted octanol–water partition coefficient (Wildman–Crippen LogP) is 11.5. The number of ether oxygens (including phenoxy) is 2. The fourth-order valence-electron chi connectivity index (χ4n) is 5.30. The van der Waals surface area contributed by atoms with Gasteiger partial charge in [0, 0.05) is 12.8 Å². The van der Waals surface area contributed by atoms with Crippen LogP contribution in [-0.2, 0) is 32.7 Å². The lowest BCUT2D eigenvalue weighted by Crippen LogP contribution is -2.37.